The van der Waals surface area contributed by atoms with Gasteiger partial charge in [-0.2, -0.15) is 0 Å². The lowest BCUT2D eigenvalue weighted by Gasteiger charge is -2.44. The normalized spacial score (nSPS) is 31.1. The molecule has 1 heterocycles. The topological polar surface area (TPSA) is 67.9 Å². The van der Waals surface area contributed by atoms with Gasteiger partial charge in [0.25, 0.3) is 0 Å². The fourth-order valence-corrected chi connectivity index (χ4v) is 5.00. The number of aliphatic imine (C=N–C) groups is 1. The smallest absolute Gasteiger partial charge is 0.203 e. The maximum atomic E-state index is 14.3. The van der Waals surface area contributed by atoms with E-state index in [9.17, 15) is 13.0 Å². The van der Waals surface area contributed by atoms with E-state index in [1.807, 2.05) is 0 Å². The van der Waals surface area contributed by atoms with Gasteiger partial charge in [-0.15, -0.1) is 0 Å². The average Bonchev–Trinajstić information content (AvgIpc) is 2.47. The van der Waals surface area contributed by atoms with Crippen LogP contribution in [0.3, 0.4) is 0 Å². The lowest BCUT2D eigenvalue weighted by atomic mass is 9.86. The Morgan fingerprint density at radius 3 is 2.78 bits per heavy atom. The first kappa shape index (κ1) is 17.7. The quantitative estimate of drug-likeness (QED) is 0.841. The molecule has 0 saturated carbocycles. The molecule has 0 amide bonds. The van der Waals surface area contributed by atoms with Crippen LogP contribution in [0.2, 0.25) is 0 Å². The van der Waals surface area contributed by atoms with Gasteiger partial charge in [0.2, 0.25) is 5.96 Å². The van der Waals surface area contributed by atoms with Crippen LogP contribution in [0.15, 0.2) is 23.2 Å². The van der Waals surface area contributed by atoms with Gasteiger partial charge in [0.1, 0.15) is 17.2 Å². The van der Waals surface area contributed by atoms with Crippen LogP contribution >= 0.6 is 0 Å². The molecule has 2 N–H and O–H groups in total. The van der Waals surface area contributed by atoms with Gasteiger partial charge in [-0.3, -0.25) is 4.31 Å². The zero-order valence-corrected chi connectivity index (χ0v) is 14.2. The number of rotatable bonds is 4. The average molecular weight is 345 g/mol. The summed E-state index contributed by atoms with van der Waals surface area (Å²) >= 11 is 0. The molecule has 2 unspecified atom stereocenters. The van der Waals surface area contributed by atoms with Crippen molar-refractivity contribution < 1.29 is 17.7 Å². The molecule has 0 aliphatic carbocycles. The van der Waals surface area contributed by atoms with Gasteiger partial charge in [0.05, 0.1) is 15.0 Å². The van der Waals surface area contributed by atoms with Crippen molar-refractivity contribution in [3.05, 3.63) is 35.4 Å². The Hall–Kier alpha value is -1.67. The van der Waals surface area contributed by atoms with Gasteiger partial charge in [0, 0.05) is 26.3 Å². The van der Waals surface area contributed by atoms with Gasteiger partial charge in [0.15, 0.2) is 0 Å². The third-order valence-corrected chi connectivity index (χ3v) is 6.96. The lowest BCUT2D eigenvalue weighted by Crippen LogP contribution is -2.56. The summed E-state index contributed by atoms with van der Waals surface area (Å²) in [5.41, 5.74) is 4.56. The Labute approximate surface area is 135 Å². The van der Waals surface area contributed by atoms with Gasteiger partial charge in [-0.1, -0.05) is 0 Å². The van der Waals surface area contributed by atoms with Crippen molar-refractivity contribution in [3.63, 3.8) is 0 Å². The van der Waals surface area contributed by atoms with E-state index in [1.54, 1.807) is 6.92 Å². The van der Waals surface area contributed by atoms with Crippen molar-refractivity contribution in [2.75, 3.05) is 20.8 Å². The fraction of sp³-hybridized carbons (Fsp3) is 0.467. The summed E-state index contributed by atoms with van der Waals surface area (Å²) < 4.78 is 47.5. The Morgan fingerprint density at radius 1 is 1.52 bits per heavy atom. The van der Waals surface area contributed by atoms with E-state index < -0.39 is 32.1 Å². The number of benzene rings is 1. The molecule has 1 aliphatic heterocycles. The zero-order valence-electron chi connectivity index (χ0n) is 13.4. The lowest BCUT2D eigenvalue weighted by molar-refractivity contribution is 0.184. The van der Waals surface area contributed by atoms with Crippen molar-refractivity contribution >= 4 is 21.5 Å². The second kappa shape index (κ2) is 6.09. The van der Waals surface area contributed by atoms with E-state index in [0.29, 0.717) is 6.42 Å². The molecule has 1 aromatic rings. The van der Waals surface area contributed by atoms with E-state index in [0.717, 1.165) is 18.2 Å². The molecule has 2 rings (SSSR count). The van der Waals surface area contributed by atoms with E-state index in [2.05, 4.69) is 10.9 Å². The highest BCUT2D eigenvalue weighted by Crippen LogP contribution is 2.40. The number of hydrogen-bond acceptors (Lipinski definition) is 4. The van der Waals surface area contributed by atoms with Crippen molar-refractivity contribution in [2.45, 2.75) is 24.1 Å². The monoisotopic (exact) mass is 345 g/mol. The standard InChI is InChI=1S/C15H21F2N3O2S/c1-15(11-9-10(16)5-6-12(11)17)13(7-8-22-3)23(4,21)20(2)14(18)19-15/h5-6,9,13H,4,7-8H2,1-3H3,(H2,18,19)/t13?,15-,23?/m1/s1. The number of halogens is 2. The summed E-state index contributed by atoms with van der Waals surface area (Å²) in [6.07, 6.45) is 0.312. The van der Waals surface area contributed by atoms with Crippen LogP contribution in [-0.2, 0) is 20.0 Å². The molecule has 0 fully saturated rings. The Bertz CT molecular complexity index is 736. The fourth-order valence-electron chi connectivity index (χ4n) is 2.90. The van der Waals surface area contributed by atoms with Gasteiger partial charge in [-0.05, 0) is 37.4 Å². The summed E-state index contributed by atoms with van der Waals surface area (Å²) in [7, 11) is 0.132. The predicted molar refractivity (Wildman–Crippen MR) is 88.6 cm³/mol. The minimum atomic E-state index is -2.90. The molecular formula is C15H21F2N3O2S. The van der Waals surface area contributed by atoms with Gasteiger partial charge in [-0.25, -0.2) is 18.0 Å². The van der Waals surface area contributed by atoms with Gasteiger partial charge < -0.3 is 10.5 Å². The maximum absolute atomic E-state index is 14.3. The first-order valence-electron chi connectivity index (χ1n) is 7.04. The summed E-state index contributed by atoms with van der Waals surface area (Å²) in [4.78, 5) is 4.34. The summed E-state index contributed by atoms with van der Waals surface area (Å²) in [6.45, 7) is 1.88. The van der Waals surface area contributed by atoms with Crippen molar-refractivity contribution in [2.24, 2.45) is 10.7 Å². The van der Waals surface area contributed by atoms with E-state index in [1.165, 1.54) is 18.5 Å². The second-order valence-electron chi connectivity index (χ2n) is 5.70. The maximum Gasteiger partial charge on any atom is 0.203 e. The second-order valence-corrected chi connectivity index (χ2v) is 8.20. The molecule has 8 heteroatoms. The molecule has 0 aromatic heterocycles. The molecule has 23 heavy (non-hydrogen) atoms. The number of ether oxygens (including phenoxy) is 1. The van der Waals surface area contributed by atoms with Crippen LogP contribution in [0, 0.1) is 11.6 Å². The number of nitrogens with zero attached hydrogens (tertiary/aromatic N) is 2. The minimum absolute atomic E-state index is 0.00558. The largest absolute Gasteiger partial charge is 0.385 e. The van der Waals surface area contributed by atoms with Crippen LogP contribution in [0.25, 0.3) is 0 Å². The highest BCUT2D eigenvalue weighted by atomic mass is 32.2. The van der Waals surface area contributed by atoms with E-state index in [4.69, 9.17) is 10.5 Å². The van der Waals surface area contributed by atoms with Crippen molar-refractivity contribution in [1.29, 1.82) is 0 Å². The molecule has 0 spiro atoms. The molecule has 0 bridgehead atoms. The Balaban J connectivity index is 2.70. The van der Waals surface area contributed by atoms with E-state index in [-0.39, 0.29) is 18.1 Å². The summed E-state index contributed by atoms with van der Waals surface area (Å²) in [5.74, 6) is 2.53. The van der Waals surface area contributed by atoms with Gasteiger partial charge >= 0.3 is 0 Å². The van der Waals surface area contributed by atoms with E-state index >= 15 is 0 Å². The SMILES string of the molecule is C=S1(=O)C(CCOC)[C@@](C)(c2cc(F)ccc2F)N=C(N)N1C. The van der Waals surface area contributed by atoms with Crippen LogP contribution in [-0.4, -0.2) is 46.4 Å². The molecular weight excluding hydrogens is 324 g/mol. The molecule has 128 valence electrons. The van der Waals surface area contributed by atoms with Crippen molar-refractivity contribution in [1.82, 2.24) is 4.31 Å². The Kier molecular flexibility index (Phi) is 4.68. The Morgan fingerprint density at radius 2 is 2.17 bits per heavy atom. The van der Waals surface area contributed by atoms with Crippen LogP contribution in [0.4, 0.5) is 8.78 Å². The highest BCUT2D eigenvalue weighted by molar-refractivity contribution is 7.99. The zero-order chi connectivity index (χ0) is 17.4. The molecule has 1 aromatic carbocycles. The molecule has 5 nitrogen and oxygen atoms in total. The highest BCUT2D eigenvalue weighted by Gasteiger charge is 2.47. The number of methoxy groups -OCH3 is 1. The van der Waals surface area contributed by atoms with Crippen LogP contribution < -0.4 is 5.73 Å². The number of guanidine groups is 1. The molecule has 3 atom stereocenters. The third-order valence-electron chi connectivity index (χ3n) is 4.26. The third kappa shape index (κ3) is 2.92. The first-order chi connectivity index (χ1) is 10.6. The number of nitrogens with two attached hydrogens (primary N) is 1. The molecule has 0 radical (unpaired) electrons. The molecule has 1 aliphatic rings. The first-order valence-corrected chi connectivity index (χ1v) is 8.79. The molecule has 0 saturated heterocycles. The minimum Gasteiger partial charge on any atom is -0.385 e. The predicted octanol–water partition coefficient (Wildman–Crippen LogP) is 1.48. The summed E-state index contributed by atoms with van der Waals surface area (Å²) in [5, 5.41) is -0.691. The van der Waals surface area contributed by atoms with Crippen molar-refractivity contribution in [3.8, 4) is 0 Å². The summed E-state index contributed by atoms with van der Waals surface area (Å²) in [6, 6.07) is 3.11. The van der Waals surface area contributed by atoms with Crippen LogP contribution in [0.1, 0.15) is 18.9 Å². The van der Waals surface area contributed by atoms with Crippen LogP contribution in [0.5, 0.6) is 0 Å². The number of hydrogen-bond donors (Lipinski definition) is 1.